The number of ether oxygens (including phenoxy) is 1. The number of aryl methyl sites for hydroxylation is 2. The topological polar surface area (TPSA) is 12.5 Å². The minimum absolute atomic E-state index is 0.652. The van der Waals surface area contributed by atoms with Gasteiger partial charge in [-0.15, -0.1) is 23.4 Å². The summed E-state index contributed by atoms with van der Waals surface area (Å²) in [6.45, 7) is 7.74. The molecule has 0 radical (unpaired) electrons. The summed E-state index contributed by atoms with van der Waals surface area (Å²) in [6.07, 6.45) is 0. The molecule has 0 unspecified atom stereocenters. The van der Waals surface area contributed by atoms with E-state index in [1.54, 1.807) is 0 Å². The van der Waals surface area contributed by atoms with Crippen LogP contribution in [0.3, 0.4) is 0 Å². The van der Waals surface area contributed by atoms with E-state index >= 15 is 0 Å². The van der Waals surface area contributed by atoms with Crippen molar-refractivity contribution in [3.05, 3.63) is 59.7 Å². The molecule has 0 aromatic heterocycles. The van der Waals surface area contributed by atoms with Gasteiger partial charge in [-0.1, -0.05) is 36.4 Å². The Hall–Kier alpha value is -1.16. The fourth-order valence-electron chi connectivity index (χ4n) is 2.46. The standard InChI is InChI=1S/C20H26ClNOS/c1-17-7-3-5-9-19(17)23-15-13-22(12-11-21)14-16-24-20-10-6-4-8-18(20)2/h3-10H,11-16H2,1-2H3. The highest BCUT2D eigenvalue weighted by Crippen LogP contribution is 2.21. The van der Waals surface area contributed by atoms with Crippen molar-refractivity contribution in [1.82, 2.24) is 4.90 Å². The third-order valence-electron chi connectivity index (χ3n) is 3.92. The van der Waals surface area contributed by atoms with E-state index < -0.39 is 0 Å². The highest BCUT2D eigenvalue weighted by atomic mass is 35.5. The van der Waals surface area contributed by atoms with Crippen LogP contribution in [0.15, 0.2) is 53.4 Å². The van der Waals surface area contributed by atoms with Crippen LogP contribution in [0.25, 0.3) is 0 Å². The molecule has 0 fully saturated rings. The molecule has 0 amide bonds. The van der Waals surface area contributed by atoms with Crippen LogP contribution in [0.4, 0.5) is 0 Å². The molecule has 0 spiro atoms. The van der Waals surface area contributed by atoms with Crippen LogP contribution in [0, 0.1) is 13.8 Å². The molecular formula is C20H26ClNOS. The minimum atomic E-state index is 0.652. The quantitative estimate of drug-likeness (QED) is 0.434. The molecule has 0 N–H and O–H groups in total. The molecule has 2 aromatic rings. The van der Waals surface area contributed by atoms with E-state index in [1.807, 2.05) is 30.0 Å². The Morgan fingerprint density at radius 2 is 1.62 bits per heavy atom. The van der Waals surface area contributed by atoms with Gasteiger partial charge in [-0.2, -0.15) is 0 Å². The van der Waals surface area contributed by atoms with Gasteiger partial charge in [-0.25, -0.2) is 0 Å². The van der Waals surface area contributed by atoms with Crippen LogP contribution in [-0.2, 0) is 0 Å². The van der Waals surface area contributed by atoms with E-state index in [0.717, 1.165) is 31.1 Å². The first kappa shape index (κ1) is 19.2. The van der Waals surface area contributed by atoms with Gasteiger partial charge < -0.3 is 4.74 Å². The average Bonchev–Trinajstić information content (AvgIpc) is 2.58. The molecule has 0 aliphatic heterocycles. The first-order valence-electron chi connectivity index (χ1n) is 8.36. The van der Waals surface area contributed by atoms with Gasteiger partial charge in [-0.05, 0) is 37.1 Å². The van der Waals surface area contributed by atoms with Crippen LogP contribution in [0.1, 0.15) is 11.1 Å². The molecule has 2 aromatic carbocycles. The second kappa shape index (κ2) is 10.7. The highest BCUT2D eigenvalue weighted by molar-refractivity contribution is 7.99. The number of rotatable bonds is 10. The second-order valence-corrected chi connectivity index (χ2v) is 7.27. The lowest BCUT2D eigenvalue weighted by Gasteiger charge is -2.21. The van der Waals surface area contributed by atoms with Gasteiger partial charge in [0.1, 0.15) is 12.4 Å². The third-order valence-corrected chi connectivity index (χ3v) is 5.24. The van der Waals surface area contributed by atoms with Crippen molar-refractivity contribution >= 4 is 23.4 Å². The first-order chi connectivity index (χ1) is 11.7. The summed E-state index contributed by atoms with van der Waals surface area (Å²) in [5.74, 6) is 2.68. The van der Waals surface area contributed by atoms with Crippen LogP contribution in [0.5, 0.6) is 5.75 Å². The van der Waals surface area contributed by atoms with Crippen LogP contribution in [0.2, 0.25) is 0 Å². The summed E-state index contributed by atoms with van der Waals surface area (Å²) in [4.78, 5) is 3.73. The zero-order valence-electron chi connectivity index (χ0n) is 14.5. The summed E-state index contributed by atoms with van der Waals surface area (Å²) >= 11 is 7.86. The van der Waals surface area contributed by atoms with E-state index in [9.17, 15) is 0 Å². The Morgan fingerprint density at radius 3 is 2.33 bits per heavy atom. The summed E-state index contributed by atoms with van der Waals surface area (Å²) in [7, 11) is 0. The number of nitrogens with zero attached hydrogens (tertiary/aromatic N) is 1. The SMILES string of the molecule is Cc1ccccc1OCCN(CCCl)CCSc1ccccc1C. The van der Waals surface area contributed by atoms with Gasteiger partial charge in [0.15, 0.2) is 0 Å². The molecular weight excluding hydrogens is 338 g/mol. The van der Waals surface area contributed by atoms with Crippen molar-refractivity contribution in [1.29, 1.82) is 0 Å². The smallest absolute Gasteiger partial charge is 0.122 e. The van der Waals surface area contributed by atoms with E-state index in [2.05, 4.69) is 49.1 Å². The first-order valence-corrected chi connectivity index (χ1v) is 9.88. The lowest BCUT2D eigenvalue weighted by Crippen LogP contribution is -2.32. The maximum Gasteiger partial charge on any atom is 0.122 e. The van der Waals surface area contributed by atoms with E-state index in [-0.39, 0.29) is 0 Å². The summed E-state index contributed by atoms with van der Waals surface area (Å²) < 4.78 is 5.91. The van der Waals surface area contributed by atoms with Crippen molar-refractivity contribution in [3.8, 4) is 5.75 Å². The molecule has 0 aliphatic rings. The maximum atomic E-state index is 5.95. The van der Waals surface area contributed by atoms with Crippen LogP contribution in [-0.4, -0.2) is 42.8 Å². The number of para-hydroxylation sites is 1. The number of halogens is 1. The lowest BCUT2D eigenvalue weighted by molar-refractivity contribution is 0.224. The van der Waals surface area contributed by atoms with Crippen LogP contribution >= 0.6 is 23.4 Å². The third kappa shape index (κ3) is 6.39. The Labute approximate surface area is 155 Å². The molecule has 0 bridgehead atoms. The average molecular weight is 364 g/mol. The number of hydrogen-bond acceptors (Lipinski definition) is 3. The Balaban J connectivity index is 1.75. The molecule has 24 heavy (non-hydrogen) atoms. The zero-order valence-corrected chi connectivity index (χ0v) is 16.1. The molecule has 0 heterocycles. The zero-order chi connectivity index (χ0) is 17.2. The summed E-state index contributed by atoms with van der Waals surface area (Å²) in [5, 5.41) is 0. The Bertz CT molecular complexity index is 569. The monoisotopic (exact) mass is 363 g/mol. The fourth-order valence-corrected chi connectivity index (χ4v) is 3.74. The number of alkyl halides is 1. The van der Waals surface area contributed by atoms with Crippen molar-refractivity contribution in [3.63, 3.8) is 0 Å². The normalized spacial score (nSPS) is 11.0. The largest absolute Gasteiger partial charge is 0.492 e. The van der Waals surface area contributed by atoms with Gasteiger partial charge in [0, 0.05) is 36.2 Å². The highest BCUT2D eigenvalue weighted by Gasteiger charge is 2.06. The molecule has 0 atom stereocenters. The summed E-state index contributed by atoms with van der Waals surface area (Å²) in [6, 6.07) is 16.7. The van der Waals surface area contributed by atoms with Gasteiger partial charge in [0.2, 0.25) is 0 Å². The van der Waals surface area contributed by atoms with Crippen molar-refractivity contribution in [2.75, 3.05) is 37.9 Å². The maximum absolute atomic E-state index is 5.95. The number of thioether (sulfide) groups is 1. The van der Waals surface area contributed by atoms with Gasteiger partial charge >= 0.3 is 0 Å². The summed E-state index contributed by atoms with van der Waals surface area (Å²) in [5.41, 5.74) is 2.52. The van der Waals surface area contributed by atoms with E-state index in [0.29, 0.717) is 12.5 Å². The second-order valence-electron chi connectivity index (χ2n) is 5.76. The van der Waals surface area contributed by atoms with Gasteiger partial charge in [0.25, 0.3) is 0 Å². The lowest BCUT2D eigenvalue weighted by atomic mass is 10.2. The predicted molar refractivity (Wildman–Crippen MR) is 106 cm³/mol. The predicted octanol–water partition coefficient (Wildman–Crippen LogP) is 5.02. The molecule has 0 aliphatic carbocycles. The van der Waals surface area contributed by atoms with Crippen LogP contribution < -0.4 is 4.74 Å². The van der Waals surface area contributed by atoms with Gasteiger partial charge in [0.05, 0.1) is 0 Å². The minimum Gasteiger partial charge on any atom is -0.492 e. The molecule has 2 rings (SSSR count). The Morgan fingerprint density at radius 1 is 0.917 bits per heavy atom. The van der Waals surface area contributed by atoms with Crippen molar-refractivity contribution < 1.29 is 4.74 Å². The molecule has 4 heteroatoms. The van der Waals surface area contributed by atoms with Gasteiger partial charge in [-0.3, -0.25) is 4.90 Å². The number of hydrogen-bond donors (Lipinski definition) is 0. The van der Waals surface area contributed by atoms with E-state index in [4.69, 9.17) is 16.3 Å². The van der Waals surface area contributed by atoms with Crippen molar-refractivity contribution in [2.24, 2.45) is 0 Å². The number of benzene rings is 2. The molecule has 0 saturated carbocycles. The molecule has 0 saturated heterocycles. The molecule has 130 valence electrons. The van der Waals surface area contributed by atoms with E-state index in [1.165, 1.54) is 16.0 Å². The Kier molecular flexibility index (Phi) is 8.51. The van der Waals surface area contributed by atoms with Crippen molar-refractivity contribution in [2.45, 2.75) is 18.7 Å². The fraction of sp³-hybridized carbons (Fsp3) is 0.400. The molecule has 2 nitrogen and oxygen atoms in total.